The van der Waals surface area contributed by atoms with Crippen molar-refractivity contribution in [3.63, 3.8) is 0 Å². The number of nitrogens with two attached hydrogens (primary N) is 1. The van der Waals surface area contributed by atoms with Crippen molar-refractivity contribution in [3.05, 3.63) is 0 Å². The van der Waals surface area contributed by atoms with E-state index in [-0.39, 0.29) is 0 Å². The van der Waals surface area contributed by atoms with Gasteiger partial charge in [0, 0.05) is 5.92 Å². The van der Waals surface area contributed by atoms with Gasteiger partial charge >= 0.3 is 5.97 Å². The van der Waals surface area contributed by atoms with Gasteiger partial charge in [0.15, 0.2) is 0 Å². The molecule has 0 spiro atoms. The number of carboxylic acids is 1. The van der Waals surface area contributed by atoms with Gasteiger partial charge in [-0.2, -0.15) is 0 Å². The van der Waals surface area contributed by atoms with Gasteiger partial charge in [-0.05, 0) is 6.42 Å². The van der Waals surface area contributed by atoms with E-state index in [1.165, 1.54) is 0 Å². The summed E-state index contributed by atoms with van der Waals surface area (Å²) >= 11 is 0. The molecule has 0 saturated carbocycles. The summed E-state index contributed by atoms with van der Waals surface area (Å²) in [5.41, 5.74) is 2.99. The fourth-order valence-electron chi connectivity index (χ4n) is 0.522. The molecule has 0 bridgehead atoms. The van der Waals surface area contributed by atoms with Gasteiger partial charge in [0.05, 0.1) is 0 Å². The molecule has 0 aliphatic heterocycles. The van der Waals surface area contributed by atoms with Crippen molar-refractivity contribution >= 4 is 5.97 Å². The van der Waals surface area contributed by atoms with Gasteiger partial charge in [0.25, 0.3) is 0 Å². The van der Waals surface area contributed by atoms with Crippen LogP contribution in [0, 0.1) is 5.92 Å². The SMILES string of the molecule is CCC(C)[C@@](N)(O)C(=O)O. The highest BCUT2D eigenvalue weighted by atomic mass is 16.4. The summed E-state index contributed by atoms with van der Waals surface area (Å²) in [4.78, 5) is 10.2. The smallest absolute Gasteiger partial charge is 0.351 e. The predicted octanol–water partition coefficient (Wildman–Crippen LogP) is -0.236. The van der Waals surface area contributed by atoms with Crippen molar-refractivity contribution in [3.8, 4) is 0 Å². The predicted molar refractivity (Wildman–Crippen MR) is 36.2 cm³/mol. The van der Waals surface area contributed by atoms with E-state index < -0.39 is 17.6 Å². The molecule has 0 amide bonds. The highest BCUT2D eigenvalue weighted by Crippen LogP contribution is 2.14. The fourth-order valence-corrected chi connectivity index (χ4v) is 0.522. The molecule has 0 radical (unpaired) electrons. The lowest BCUT2D eigenvalue weighted by Crippen LogP contribution is -2.53. The Balaban J connectivity index is 4.23. The number of hydrogen-bond donors (Lipinski definition) is 3. The molecule has 0 fully saturated rings. The lowest BCUT2D eigenvalue weighted by atomic mass is 9.96. The van der Waals surface area contributed by atoms with E-state index in [2.05, 4.69) is 0 Å². The molecule has 0 saturated heterocycles. The number of rotatable bonds is 3. The zero-order valence-electron chi connectivity index (χ0n) is 6.16. The molecule has 0 rings (SSSR count). The fraction of sp³-hybridized carbons (Fsp3) is 0.833. The zero-order chi connectivity index (χ0) is 8.36. The third-order valence-corrected chi connectivity index (χ3v) is 1.71. The summed E-state index contributed by atoms with van der Waals surface area (Å²) in [5, 5.41) is 17.4. The van der Waals surface area contributed by atoms with E-state index in [4.69, 9.17) is 15.9 Å². The lowest BCUT2D eigenvalue weighted by molar-refractivity contribution is -0.163. The van der Waals surface area contributed by atoms with Crippen LogP contribution in [0.4, 0.5) is 0 Å². The lowest BCUT2D eigenvalue weighted by Gasteiger charge is -2.23. The minimum absolute atomic E-state index is 0.426. The Bertz CT molecular complexity index is 133. The first-order valence-electron chi connectivity index (χ1n) is 3.17. The molecule has 10 heavy (non-hydrogen) atoms. The first kappa shape index (κ1) is 9.39. The van der Waals surface area contributed by atoms with E-state index in [9.17, 15) is 4.79 Å². The van der Waals surface area contributed by atoms with Crippen molar-refractivity contribution in [1.29, 1.82) is 0 Å². The normalized spacial score (nSPS) is 19.6. The Morgan fingerprint density at radius 1 is 1.80 bits per heavy atom. The molecule has 0 aromatic heterocycles. The molecule has 0 aromatic carbocycles. The number of carboxylic acid groups (broad SMARTS) is 1. The summed E-state index contributed by atoms with van der Waals surface area (Å²) < 4.78 is 0. The molecular weight excluding hydrogens is 134 g/mol. The average Bonchev–Trinajstić information content (AvgIpc) is 1.86. The minimum Gasteiger partial charge on any atom is -0.478 e. The van der Waals surface area contributed by atoms with Gasteiger partial charge in [-0.1, -0.05) is 13.8 Å². The second-order valence-electron chi connectivity index (χ2n) is 2.44. The van der Waals surface area contributed by atoms with Crippen molar-refractivity contribution in [2.24, 2.45) is 11.7 Å². The van der Waals surface area contributed by atoms with Crippen molar-refractivity contribution in [2.75, 3.05) is 0 Å². The van der Waals surface area contributed by atoms with Crippen LogP contribution in [0.1, 0.15) is 20.3 Å². The number of carbonyl (C=O) groups is 1. The topological polar surface area (TPSA) is 83.5 Å². The van der Waals surface area contributed by atoms with E-state index in [0.29, 0.717) is 6.42 Å². The van der Waals surface area contributed by atoms with E-state index in [1.54, 1.807) is 13.8 Å². The summed E-state index contributed by atoms with van der Waals surface area (Å²) in [6.07, 6.45) is 0.541. The van der Waals surface area contributed by atoms with Crippen LogP contribution in [0.3, 0.4) is 0 Å². The maximum absolute atomic E-state index is 10.2. The summed E-state index contributed by atoms with van der Waals surface area (Å²) in [5.74, 6) is -1.80. The first-order valence-corrected chi connectivity index (χ1v) is 3.17. The van der Waals surface area contributed by atoms with Gasteiger partial charge in [0.1, 0.15) is 0 Å². The Morgan fingerprint density at radius 3 is 2.30 bits per heavy atom. The molecular formula is C6H13NO3. The van der Waals surface area contributed by atoms with Crippen LogP contribution in [0.25, 0.3) is 0 Å². The molecule has 4 heteroatoms. The monoisotopic (exact) mass is 147 g/mol. The molecule has 60 valence electrons. The van der Waals surface area contributed by atoms with Crippen LogP contribution >= 0.6 is 0 Å². The molecule has 4 nitrogen and oxygen atoms in total. The van der Waals surface area contributed by atoms with E-state index in [1.807, 2.05) is 0 Å². The average molecular weight is 147 g/mol. The number of hydrogen-bond acceptors (Lipinski definition) is 3. The van der Waals surface area contributed by atoms with Crippen LogP contribution in [0.2, 0.25) is 0 Å². The highest BCUT2D eigenvalue weighted by molar-refractivity contribution is 5.76. The molecule has 2 atom stereocenters. The van der Waals surface area contributed by atoms with Crippen LogP contribution in [-0.4, -0.2) is 21.9 Å². The van der Waals surface area contributed by atoms with Gasteiger partial charge < -0.3 is 10.2 Å². The molecule has 1 unspecified atom stereocenters. The molecule has 4 N–H and O–H groups in total. The third kappa shape index (κ3) is 1.68. The summed E-state index contributed by atoms with van der Waals surface area (Å²) in [6, 6.07) is 0. The quantitative estimate of drug-likeness (QED) is 0.481. The zero-order valence-corrected chi connectivity index (χ0v) is 6.16. The first-order chi connectivity index (χ1) is 4.42. The third-order valence-electron chi connectivity index (χ3n) is 1.71. The van der Waals surface area contributed by atoms with Gasteiger partial charge in [-0.3, -0.25) is 5.73 Å². The Kier molecular flexibility index (Phi) is 2.80. The standard InChI is InChI=1S/C6H13NO3/c1-3-4(2)6(7,10)5(8)9/h4,10H,3,7H2,1-2H3,(H,8,9)/t4?,6-/m1/s1. The summed E-state index contributed by atoms with van der Waals surface area (Å²) in [6.45, 7) is 3.36. The van der Waals surface area contributed by atoms with Crippen molar-refractivity contribution in [1.82, 2.24) is 0 Å². The van der Waals surface area contributed by atoms with Gasteiger partial charge in [0.2, 0.25) is 5.72 Å². The largest absolute Gasteiger partial charge is 0.478 e. The van der Waals surface area contributed by atoms with Crippen LogP contribution in [0.5, 0.6) is 0 Å². The maximum Gasteiger partial charge on any atom is 0.351 e. The van der Waals surface area contributed by atoms with Crippen LogP contribution < -0.4 is 5.73 Å². The van der Waals surface area contributed by atoms with Crippen molar-refractivity contribution < 1.29 is 15.0 Å². The van der Waals surface area contributed by atoms with Gasteiger partial charge in [-0.15, -0.1) is 0 Å². The highest BCUT2D eigenvalue weighted by Gasteiger charge is 2.36. The van der Waals surface area contributed by atoms with Crippen molar-refractivity contribution in [2.45, 2.75) is 26.0 Å². The number of aliphatic hydroxyl groups is 1. The molecule has 0 aromatic rings. The maximum atomic E-state index is 10.2. The molecule has 0 aliphatic carbocycles. The number of aliphatic carboxylic acids is 1. The van der Waals surface area contributed by atoms with Crippen LogP contribution in [-0.2, 0) is 4.79 Å². The second kappa shape index (κ2) is 2.98. The second-order valence-corrected chi connectivity index (χ2v) is 2.44. The molecule has 0 heterocycles. The Morgan fingerprint density at radius 2 is 2.20 bits per heavy atom. The van der Waals surface area contributed by atoms with E-state index >= 15 is 0 Å². The molecule has 0 aliphatic rings. The van der Waals surface area contributed by atoms with E-state index in [0.717, 1.165) is 0 Å². The Labute approximate surface area is 59.7 Å². The summed E-state index contributed by atoms with van der Waals surface area (Å²) in [7, 11) is 0. The van der Waals surface area contributed by atoms with Crippen LogP contribution in [0.15, 0.2) is 0 Å². The Hall–Kier alpha value is -0.610. The van der Waals surface area contributed by atoms with Gasteiger partial charge in [-0.25, -0.2) is 4.79 Å². The minimum atomic E-state index is -2.07.